The van der Waals surface area contributed by atoms with Gasteiger partial charge >= 0.3 is 0 Å². The normalized spacial score (nSPS) is 23.4. The Bertz CT molecular complexity index is 900. The summed E-state index contributed by atoms with van der Waals surface area (Å²) in [6.07, 6.45) is 3.31. The predicted molar refractivity (Wildman–Crippen MR) is 124 cm³/mol. The highest BCUT2D eigenvalue weighted by Crippen LogP contribution is 2.30. The molecule has 4 atom stereocenters. The highest BCUT2D eigenvalue weighted by Gasteiger charge is 2.40. The molecule has 180 valence electrons. The van der Waals surface area contributed by atoms with Crippen LogP contribution in [0, 0.1) is 10.1 Å². The Kier molecular flexibility index (Phi) is 9.10. The number of rotatable bonds is 11. The molecule has 0 amide bonds. The first kappa shape index (κ1) is 25.0. The van der Waals surface area contributed by atoms with Crippen LogP contribution in [-0.4, -0.2) is 85.8 Å². The number of nitro benzene ring substituents is 1. The van der Waals surface area contributed by atoms with Gasteiger partial charge in [-0.05, 0) is 37.1 Å². The molecule has 0 saturated carbocycles. The van der Waals surface area contributed by atoms with E-state index in [1.165, 1.54) is 0 Å². The summed E-state index contributed by atoms with van der Waals surface area (Å²) in [5.74, 6) is 0. The van der Waals surface area contributed by atoms with Crippen molar-refractivity contribution in [2.45, 2.75) is 50.0 Å². The summed E-state index contributed by atoms with van der Waals surface area (Å²) in [5.41, 5.74) is 2.06. The Balaban J connectivity index is 1.42. The zero-order chi connectivity index (χ0) is 23.8. The molecule has 10 nitrogen and oxygen atoms in total. The number of β-amino-alcohol motifs (C(OH)–C–C–N with tert-alkyl or cyclic N) is 1. The highest BCUT2D eigenvalue weighted by atomic mass is 16.6. The molecule has 1 aliphatic rings. The largest absolute Gasteiger partial charge is 0.395 e. The third-order valence-corrected chi connectivity index (χ3v) is 6.09. The second-order valence-corrected chi connectivity index (χ2v) is 8.37. The van der Waals surface area contributed by atoms with Crippen LogP contribution in [0.3, 0.4) is 0 Å². The minimum atomic E-state index is -1.24. The average Bonchev–Trinajstić information content (AvgIpc) is 2.82. The van der Waals surface area contributed by atoms with Crippen LogP contribution in [0.2, 0.25) is 0 Å². The molecule has 1 aromatic heterocycles. The minimum absolute atomic E-state index is 0.0239. The number of nitrogens with zero attached hydrogens (tertiary/aromatic N) is 3. The van der Waals surface area contributed by atoms with Crippen molar-refractivity contribution in [3.05, 3.63) is 52.8 Å². The van der Waals surface area contributed by atoms with E-state index < -0.39 is 29.3 Å². The van der Waals surface area contributed by atoms with Gasteiger partial charge in [-0.2, -0.15) is 0 Å². The summed E-state index contributed by atoms with van der Waals surface area (Å²) in [6.45, 7) is 1.12. The number of piperidine rings is 1. The number of hydrogen-bond acceptors (Lipinski definition) is 9. The van der Waals surface area contributed by atoms with Crippen molar-refractivity contribution in [2.24, 2.45) is 0 Å². The number of benzene rings is 1. The van der Waals surface area contributed by atoms with E-state index in [-0.39, 0.29) is 18.8 Å². The molecule has 0 aliphatic carbocycles. The van der Waals surface area contributed by atoms with Crippen LogP contribution in [0.5, 0.6) is 0 Å². The fourth-order valence-corrected chi connectivity index (χ4v) is 4.20. The molecule has 33 heavy (non-hydrogen) atoms. The molecule has 0 spiro atoms. The van der Waals surface area contributed by atoms with E-state index in [2.05, 4.69) is 10.3 Å². The van der Waals surface area contributed by atoms with Crippen LogP contribution in [0.15, 0.2) is 42.7 Å². The van der Waals surface area contributed by atoms with Gasteiger partial charge in [0.2, 0.25) is 0 Å². The lowest BCUT2D eigenvalue weighted by atomic mass is 9.94. The summed E-state index contributed by atoms with van der Waals surface area (Å²) < 4.78 is 0. The van der Waals surface area contributed by atoms with Crippen LogP contribution >= 0.6 is 0 Å². The van der Waals surface area contributed by atoms with E-state index in [4.69, 9.17) is 0 Å². The lowest BCUT2D eigenvalue weighted by Gasteiger charge is -2.43. The van der Waals surface area contributed by atoms with Gasteiger partial charge in [0.25, 0.3) is 5.69 Å². The predicted octanol–water partition coefficient (Wildman–Crippen LogP) is 1.39. The molecule has 1 aromatic carbocycles. The van der Waals surface area contributed by atoms with Crippen LogP contribution in [0.4, 0.5) is 11.4 Å². The monoisotopic (exact) mass is 460 g/mol. The number of nitrogens with one attached hydrogen (secondary N) is 1. The van der Waals surface area contributed by atoms with Crippen molar-refractivity contribution in [3.63, 3.8) is 0 Å². The van der Waals surface area contributed by atoms with Gasteiger partial charge in [-0.15, -0.1) is 0 Å². The fraction of sp³-hybridized carbons (Fsp3) is 0.522. The van der Waals surface area contributed by atoms with Crippen molar-refractivity contribution in [1.29, 1.82) is 0 Å². The molecule has 2 aromatic rings. The summed E-state index contributed by atoms with van der Waals surface area (Å²) in [5, 5.41) is 53.8. The maximum atomic E-state index is 11.5. The number of anilines is 1. The number of aromatic nitrogens is 1. The maximum absolute atomic E-state index is 11.5. The molecule has 3 rings (SSSR count). The molecular weight excluding hydrogens is 428 g/mol. The first-order valence-electron chi connectivity index (χ1n) is 11.2. The summed E-state index contributed by atoms with van der Waals surface area (Å²) >= 11 is 0. The molecule has 1 saturated heterocycles. The summed E-state index contributed by atoms with van der Waals surface area (Å²) in [4.78, 5) is 17.0. The third-order valence-electron chi connectivity index (χ3n) is 6.09. The minimum Gasteiger partial charge on any atom is -0.395 e. The van der Waals surface area contributed by atoms with Crippen LogP contribution in [-0.2, 0) is 0 Å². The van der Waals surface area contributed by atoms with Crippen LogP contribution < -0.4 is 5.32 Å². The van der Waals surface area contributed by atoms with Crippen molar-refractivity contribution in [2.75, 3.05) is 31.6 Å². The maximum Gasteiger partial charge on any atom is 0.292 e. The van der Waals surface area contributed by atoms with Gasteiger partial charge in [-0.3, -0.25) is 20.0 Å². The fourth-order valence-electron chi connectivity index (χ4n) is 4.20. The lowest BCUT2D eigenvalue weighted by Crippen LogP contribution is -2.62. The van der Waals surface area contributed by atoms with Crippen molar-refractivity contribution < 1.29 is 25.3 Å². The summed E-state index contributed by atoms with van der Waals surface area (Å²) in [6, 6.07) is 8.17. The van der Waals surface area contributed by atoms with E-state index in [9.17, 15) is 30.5 Å². The number of aliphatic hydroxyl groups is 4. The van der Waals surface area contributed by atoms with E-state index in [1.54, 1.807) is 30.6 Å². The molecule has 2 heterocycles. The van der Waals surface area contributed by atoms with Gasteiger partial charge in [-0.25, -0.2) is 0 Å². The first-order chi connectivity index (χ1) is 15.9. The number of pyridine rings is 1. The molecule has 5 N–H and O–H groups in total. The second-order valence-electron chi connectivity index (χ2n) is 8.37. The molecule has 1 aliphatic heterocycles. The Morgan fingerprint density at radius 3 is 2.58 bits per heavy atom. The summed E-state index contributed by atoms with van der Waals surface area (Å²) in [7, 11) is 0. The van der Waals surface area contributed by atoms with Gasteiger partial charge in [0.1, 0.15) is 17.9 Å². The third kappa shape index (κ3) is 6.46. The van der Waals surface area contributed by atoms with Gasteiger partial charge in [0.05, 0.1) is 23.7 Å². The lowest BCUT2D eigenvalue weighted by molar-refractivity contribution is -0.383. The number of likely N-dealkylation sites (tertiary alicyclic amines) is 1. The van der Waals surface area contributed by atoms with E-state index >= 15 is 0 Å². The quantitative estimate of drug-likeness (QED) is 0.190. The van der Waals surface area contributed by atoms with Gasteiger partial charge < -0.3 is 25.7 Å². The Morgan fingerprint density at radius 2 is 1.88 bits per heavy atom. The smallest absolute Gasteiger partial charge is 0.292 e. The molecule has 0 radical (unpaired) electrons. The topological polar surface area (TPSA) is 152 Å². The highest BCUT2D eigenvalue weighted by molar-refractivity contribution is 5.73. The SMILES string of the molecule is O=[N+]([O-])c1cc(-c2cccnc2)ccc1NCCCCCCN1CC(O)C(O)C(O)C1CO. The van der Waals surface area contributed by atoms with Crippen molar-refractivity contribution in [3.8, 4) is 11.1 Å². The van der Waals surface area contributed by atoms with Gasteiger partial charge in [-0.1, -0.05) is 25.0 Å². The van der Waals surface area contributed by atoms with E-state index in [0.717, 1.165) is 36.8 Å². The number of aliphatic hydroxyl groups excluding tert-OH is 4. The Hall–Kier alpha value is -2.63. The molecule has 4 unspecified atom stereocenters. The van der Waals surface area contributed by atoms with Crippen LogP contribution in [0.1, 0.15) is 25.7 Å². The number of nitro groups is 1. The Morgan fingerprint density at radius 1 is 1.09 bits per heavy atom. The van der Waals surface area contributed by atoms with E-state index in [1.807, 2.05) is 17.0 Å². The Labute approximate surface area is 192 Å². The molecule has 10 heteroatoms. The zero-order valence-corrected chi connectivity index (χ0v) is 18.5. The zero-order valence-electron chi connectivity index (χ0n) is 18.5. The van der Waals surface area contributed by atoms with Gasteiger partial charge in [0.15, 0.2) is 0 Å². The number of hydrogen-bond donors (Lipinski definition) is 5. The van der Waals surface area contributed by atoms with Crippen LogP contribution in [0.25, 0.3) is 11.1 Å². The van der Waals surface area contributed by atoms with Crippen molar-refractivity contribution in [1.82, 2.24) is 9.88 Å². The van der Waals surface area contributed by atoms with Gasteiger partial charge in [0, 0.05) is 37.1 Å². The average molecular weight is 461 g/mol. The molecule has 1 fully saturated rings. The number of unbranched alkanes of at least 4 members (excludes halogenated alkanes) is 3. The standard InChI is InChI=1S/C23H32N4O6/c28-15-20-22(30)23(31)21(29)14-26(20)11-4-2-1-3-10-25-18-8-7-16(12-19(18)27(32)33)17-6-5-9-24-13-17/h5-9,12-13,20-23,25,28-31H,1-4,10-11,14-15H2. The van der Waals surface area contributed by atoms with Crippen molar-refractivity contribution >= 4 is 11.4 Å². The second kappa shape index (κ2) is 12.0. The molecule has 0 bridgehead atoms. The van der Waals surface area contributed by atoms with E-state index in [0.29, 0.717) is 18.8 Å². The first-order valence-corrected chi connectivity index (χ1v) is 11.2. The molecular formula is C23H32N4O6.